The normalized spacial score (nSPS) is 27.1. The largest absolute Gasteiger partial charge is 0.379 e. The lowest BCUT2D eigenvalue weighted by molar-refractivity contribution is -0.129. The molecule has 1 aliphatic heterocycles. The number of hydrogen-bond donors (Lipinski definition) is 1. The van der Waals surface area contributed by atoms with Crippen LogP contribution in [0, 0.1) is 5.92 Å². The molecule has 2 aliphatic rings. The van der Waals surface area contributed by atoms with E-state index in [1.54, 1.807) is 0 Å². The fourth-order valence-electron chi connectivity index (χ4n) is 2.56. The summed E-state index contributed by atoms with van der Waals surface area (Å²) in [5.74, 6) is 0.267. The van der Waals surface area contributed by atoms with Crippen LogP contribution in [0.3, 0.4) is 0 Å². The smallest absolute Gasteiger partial charge is 0.224 e. The Labute approximate surface area is 121 Å². The number of amides is 1. The Hall–Kier alpha value is -0.910. The van der Waals surface area contributed by atoms with E-state index in [2.05, 4.69) is 22.4 Å². The molecule has 1 fully saturated rings. The van der Waals surface area contributed by atoms with E-state index in [0.717, 1.165) is 25.8 Å². The highest BCUT2D eigenvalue weighted by molar-refractivity contribution is 5.79. The summed E-state index contributed by atoms with van der Waals surface area (Å²) < 4.78 is 11.3. The molecule has 0 unspecified atom stereocenters. The van der Waals surface area contributed by atoms with Gasteiger partial charge in [-0.1, -0.05) is 12.2 Å². The molecule has 0 aromatic heterocycles. The molecule has 5 nitrogen and oxygen atoms in total. The molecular weight excluding hydrogens is 256 g/mol. The van der Waals surface area contributed by atoms with E-state index in [4.69, 9.17) is 9.47 Å². The first kappa shape index (κ1) is 15.5. The summed E-state index contributed by atoms with van der Waals surface area (Å²) >= 11 is 0. The van der Waals surface area contributed by atoms with Crippen molar-refractivity contribution in [3.63, 3.8) is 0 Å². The molecule has 5 heteroatoms. The van der Waals surface area contributed by atoms with Crippen LogP contribution in [0.15, 0.2) is 12.2 Å². The number of nitrogens with zero attached hydrogens (tertiary/aromatic N) is 1. The van der Waals surface area contributed by atoms with Gasteiger partial charge < -0.3 is 19.7 Å². The minimum Gasteiger partial charge on any atom is -0.379 e. The third kappa shape index (κ3) is 4.58. The van der Waals surface area contributed by atoms with Crippen molar-refractivity contribution in [1.29, 1.82) is 0 Å². The highest BCUT2D eigenvalue weighted by atomic mass is 16.5. The molecule has 2 atom stereocenters. The summed E-state index contributed by atoms with van der Waals surface area (Å²) in [6.07, 6.45) is 6.70. The second kappa shape index (κ2) is 7.76. The molecule has 0 saturated carbocycles. The maximum Gasteiger partial charge on any atom is 0.224 e. The van der Waals surface area contributed by atoms with Crippen molar-refractivity contribution in [3.8, 4) is 0 Å². The second-order valence-corrected chi connectivity index (χ2v) is 5.83. The molecule has 1 heterocycles. The maximum atomic E-state index is 12.2. The van der Waals surface area contributed by atoms with Gasteiger partial charge in [0, 0.05) is 19.1 Å². The van der Waals surface area contributed by atoms with E-state index < -0.39 is 0 Å². The van der Waals surface area contributed by atoms with Crippen LogP contribution in [0.5, 0.6) is 0 Å². The van der Waals surface area contributed by atoms with Gasteiger partial charge in [0.05, 0.1) is 19.3 Å². The summed E-state index contributed by atoms with van der Waals surface area (Å²) in [5.41, 5.74) is 0. The van der Waals surface area contributed by atoms with Crippen LogP contribution >= 0.6 is 0 Å². The topological polar surface area (TPSA) is 50.8 Å². The maximum absolute atomic E-state index is 12.2. The number of likely N-dealkylation sites (N-methyl/N-ethyl adjacent to an activating group) is 1. The minimum atomic E-state index is -0.0259. The summed E-state index contributed by atoms with van der Waals surface area (Å²) in [6.45, 7) is 2.81. The third-order valence-electron chi connectivity index (χ3n) is 3.88. The van der Waals surface area contributed by atoms with Gasteiger partial charge in [-0.2, -0.15) is 0 Å². The SMILES string of the molecule is CN(C)CCO[C@@H]1COCC[C@H]1NC(=O)C1CC=CC1. The molecular formula is C15H26N2O3. The highest BCUT2D eigenvalue weighted by Crippen LogP contribution is 2.19. The average molecular weight is 282 g/mol. The summed E-state index contributed by atoms with van der Waals surface area (Å²) in [5, 5.41) is 3.15. The number of nitrogens with one attached hydrogen (secondary N) is 1. The predicted octanol–water partition coefficient (Wildman–Crippen LogP) is 0.804. The zero-order valence-corrected chi connectivity index (χ0v) is 12.5. The Kier molecular flexibility index (Phi) is 6.01. The van der Waals surface area contributed by atoms with E-state index in [1.807, 2.05) is 14.1 Å². The third-order valence-corrected chi connectivity index (χ3v) is 3.88. The second-order valence-electron chi connectivity index (χ2n) is 5.83. The van der Waals surface area contributed by atoms with Crippen molar-refractivity contribution in [2.45, 2.75) is 31.4 Å². The van der Waals surface area contributed by atoms with Crippen LogP contribution in [0.25, 0.3) is 0 Å². The van der Waals surface area contributed by atoms with Crippen molar-refractivity contribution >= 4 is 5.91 Å². The first-order valence-corrected chi connectivity index (χ1v) is 7.46. The van der Waals surface area contributed by atoms with Gasteiger partial charge in [-0.05, 0) is 33.4 Å². The first-order valence-electron chi connectivity index (χ1n) is 7.46. The van der Waals surface area contributed by atoms with Crippen LogP contribution in [0.1, 0.15) is 19.3 Å². The van der Waals surface area contributed by atoms with Crippen molar-refractivity contribution < 1.29 is 14.3 Å². The van der Waals surface area contributed by atoms with Crippen LogP contribution in [0.2, 0.25) is 0 Å². The predicted molar refractivity (Wildman–Crippen MR) is 77.5 cm³/mol. The van der Waals surface area contributed by atoms with E-state index in [1.165, 1.54) is 0 Å². The number of rotatable bonds is 6. The van der Waals surface area contributed by atoms with Gasteiger partial charge in [0.15, 0.2) is 0 Å². The van der Waals surface area contributed by atoms with E-state index in [0.29, 0.717) is 19.8 Å². The fraction of sp³-hybridized carbons (Fsp3) is 0.800. The zero-order valence-electron chi connectivity index (χ0n) is 12.5. The van der Waals surface area contributed by atoms with Crippen LogP contribution in [-0.2, 0) is 14.3 Å². The Morgan fingerprint density at radius 3 is 2.85 bits per heavy atom. The molecule has 0 spiro atoms. The molecule has 1 N–H and O–H groups in total. The zero-order chi connectivity index (χ0) is 14.4. The summed E-state index contributed by atoms with van der Waals surface area (Å²) in [6, 6.07) is 0.0824. The lowest BCUT2D eigenvalue weighted by atomic mass is 10.0. The molecule has 0 bridgehead atoms. The number of carbonyl (C=O) groups is 1. The molecule has 2 rings (SSSR count). The van der Waals surface area contributed by atoms with Gasteiger partial charge in [0.1, 0.15) is 6.10 Å². The Morgan fingerprint density at radius 1 is 1.40 bits per heavy atom. The lowest BCUT2D eigenvalue weighted by Gasteiger charge is -2.33. The van der Waals surface area contributed by atoms with Crippen LogP contribution < -0.4 is 5.32 Å². The molecule has 0 radical (unpaired) electrons. The van der Waals surface area contributed by atoms with E-state index in [-0.39, 0.29) is 24.0 Å². The number of allylic oxidation sites excluding steroid dienone is 2. The van der Waals surface area contributed by atoms with E-state index >= 15 is 0 Å². The Bertz CT molecular complexity index is 336. The standard InChI is InChI=1S/C15H26N2O3/c1-17(2)8-10-20-14-11-19-9-7-13(14)16-15(18)12-5-3-4-6-12/h3-4,12-14H,5-11H2,1-2H3,(H,16,18)/t13-,14-/m1/s1. The average Bonchev–Trinajstić information content (AvgIpc) is 2.94. The monoisotopic (exact) mass is 282 g/mol. The Balaban J connectivity index is 1.78. The lowest BCUT2D eigenvalue weighted by Crippen LogP contribution is -2.51. The van der Waals surface area contributed by atoms with Crippen molar-refractivity contribution in [1.82, 2.24) is 10.2 Å². The molecule has 0 aromatic carbocycles. The molecule has 20 heavy (non-hydrogen) atoms. The molecule has 1 aliphatic carbocycles. The quantitative estimate of drug-likeness (QED) is 0.732. The van der Waals surface area contributed by atoms with Gasteiger partial charge >= 0.3 is 0 Å². The first-order chi connectivity index (χ1) is 9.66. The summed E-state index contributed by atoms with van der Waals surface area (Å²) in [4.78, 5) is 14.3. The molecule has 114 valence electrons. The molecule has 1 amide bonds. The van der Waals surface area contributed by atoms with Crippen molar-refractivity contribution in [2.75, 3.05) is 40.5 Å². The van der Waals surface area contributed by atoms with Gasteiger partial charge in [-0.3, -0.25) is 4.79 Å². The fourth-order valence-corrected chi connectivity index (χ4v) is 2.56. The van der Waals surface area contributed by atoms with Crippen molar-refractivity contribution in [2.24, 2.45) is 5.92 Å². The van der Waals surface area contributed by atoms with Gasteiger partial charge in [-0.15, -0.1) is 0 Å². The van der Waals surface area contributed by atoms with Gasteiger partial charge in [0.2, 0.25) is 5.91 Å². The number of carbonyl (C=O) groups excluding carboxylic acids is 1. The minimum absolute atomic E-state index is 0.0259. The molecule has 0 aromatic rings. The summed E-state index contributed by atoms with van der Waals surface area (Å²) in [7, 11) is 4.04. The highest BCUT2D eigenvalue weighted by Gasteiger charge is 2.30. The Morgan fingerprint density at radius 2 is 2.15 bits per heavy atom. The van der Waals surface area contributed by atoms with Crippen LogP contribution in [0.4, 0.5) is 0 Å². The van der Waals surface area contributed by atoms with E-state index in [9.17, 15) is 4.79 Å². The van der Waals surface area contributed by atoms with Gasteiger partial charge in [0.25, 0.3) is 0 Å². The molecule has 1 saturated heterocycles. The van der Waals surface area contributed by atoms with Gasteiger partial charge in [-0.25, -0.2) is 0 Å². The van der Waals surface area contributed by atoms with Crippen LogP contribution in [-0.4, -0.2) is 63.4 Å². The number of hydrogen-bond acceptors (Lipinski definition) is 4. The van der Waals surface area contributed by atoms with Crippen molar-refractivity contribution in [3.05, 3.63) is 12.2 Å². The number of ether oxygens (including phenoxy) is 2.